The van der Waals surface area contributed by atoms with E-state index in [2.05, 4.69) is 9.97 Å². The first kappa shape index (κ1) is 11.4. The summed E-state index contributed by atoms with van der Waals surface area (Å²) in [6, 6.07) is 1.50. The topological polar surface area (TPSA) is 63.6 Å². The van der Waals surface area contributed by atoms with Gasteiger partial charge in [0.1, 0.15) is 5.69 Å². The van der Waals surface area contributed by atoms with Gasteiger partial charge in [-0.3, -0.25) is 9.89 Å². The number of hydrogen-bond donors (Lipinski definition) is 1. The minimum atomic E-state index is -4.61. The average molecular weight is 244 g/mol. The Balaban J connectivity index is 2.63. The van der Waals surface area contributed by atoms with Crippen molar-refractivity contribution in [1.29, 1.82) is 0 Å². The summed E-state index contributed by atoms with van der Waals surface area (Å²) in [6.45, 7) is 1.10. The normalized spacial score (nSPS) is 11.8. The van der Waals surface area contributed by atoms with Crippen LogP contribution in [0.25, 0.3) is 5.95 Å². The van der Waals surface area contributed by atoms with Crippen LogP contribution in [0.15, 0.2) is 23.3 Å². The van der Waals surface area contributed by atoms with E-state index in [1.54, 1.807) is 0 Å². The quantitative estimate of drug-likeness (QED) is 0.821. The number of nitrogens with one attached hydrogen (secondary N) is 1. The summed E-state index contributed by atoms with van der Waals surface area (Å²) in [5.41, 5.74) is -2.32. The van der Waals surface area contributed by atoms with Crippen LogP contribution >= 0.6 is 0 Å². The van der Waals surface area contributed by atoms with E-state index in [9.17, 15) is 18.0 Å². The maximum atomic E-state index is 12.5. The molecular formula is C9H7F3N4O. The first-order chi connectivity index (χ1) is 7.91. The molecular weight excluding hydrogens is 237 g/mol. The standard InChI is InChI=1S/C9H7F3N4O/c1-5-6(9(10,11)12)15-16(7(5)17)8-13-3-2-4-14-8/h2-4,15H,1H3. The van der Waals surface area contributed by atoms with Crippen molar-refractivity contribution in [2.45, 2.75) is 13.1 Å². The molecule has 2 heterocycles. The lowest BCUT2D eigenvalue weighted by Crippen LogP contribution is -2.18. The van der Waals surface area contributed by atoms with Crippen molar-refractivity contribution in [2.24, 2.45) is 0 Å². The molecule has 2 rings (SSSR count). The van der Waals surface area contributed by atoms with Crippen LogP contribution in [0.3, 0.4) is 0 Å². The molecule has 0 aliphatic heterocycles. The summed E-state index contributed by atoms with van der Waals surface area (Å²) >= 11 is 0. The van der Waals surface area contributed by atoms with Gasteiger partial charge in [-0.1, -0.05) is 0 Å². The fourth-order valence-electron chi connectivity index (χ4n) is 1.34. The third-order valence-corrected chi connectivity index (χ3v) is 2.16. The number of aromatic nitrogens is 4. The fraction of sp³-hybridized carbons (Fsp3) is 0.222. The molecule has 8 heteroatoms. The third kappa shape index (κ3) is 1.93. The third-order valence-electron chi connectivity index (χ3n) is 2.16. The summed E-state index contributed by atoms with van der Waals surface area (Å²) in [7, 11) is 0. The minimum Gasteiger partial charge on any atom is -0.283 e. The molecule has 0 saturated carbocycles. The highest BCUT2D eigenvalue weighted by Crippen LogP contribution is 2.28. The Morgan fingerprint density at radius 3 is 2.35 bits per heavy atom. The summed E-state index contributed by atoms with van der Waals surface area (Å²) in [4.78, 5) is 19.0. The number of H-pyrrole nitrogens is 1. The van der Waals surface area contributed by atoms with Crippen LogP contribution in [0.2, 0.25) is 0 Å². The summed E-state index contributed by atoms with van der Waals surface area (Å²) in [5, 5.41) is 1.96. The molecule has 0 amide bonds. The van der Waals surface area contributed by atoms with Gasteiger partial charge in [-0.05, 0) is 13.0 Å². The summed E-state index contributed by atoms with van der Waals surface area (Å²) in [5.74, 6) is -0.129. The lowest BCUT2D eigenvalue weighted by molar-refractivity contribution is -0.141. The predicted octanol–water partition coefficient (Wildman–Crippen LogP) is 1.28. The molecule has 0 fully saturated rings. The van der Waals surface area contributed by atoms with Crippen LogP contribution in [-0.4, -0.2) is 19.7 Å². The number of alkyl halides is 3. The van der Waals surface area contributed by atoms with E-state index < -0.39 is 23.0 Å². The molecule has 0 bridgehead atoms. The van der Waals surface area contributed by atoms with E-state index in [4.69, 9.17) is 0 Å². The molecule has 1 N–H and O–H groups in total. The Morgan fingerprint density at radius 2 is 1.88 bits per heavy atom. The molecule has 2 aromatic heterocycles. The maximum absolute atomic E-state index is 12.5. The molecule has 0 radical (unpaired) electrons. The molecule has 90 valence electrons. The molecule has 0 aliphatic carbocycles. The predicted molar refractivity (Wildman–Crippen MR) is 51.7 cm³/mol. The number of rotatable bonds is 1. The largest absolute Gasteiger partial charge is 0.433 e. The molecule has 0 aromatic carbocycles. The Labute approximate surface area is 92.9 Å². The van der Waals surface area contributed by atoms with Gasteiger partial charge in [0.25, 0.3) is 11.5 Å². The van der Waals surface area contributed by atoms with E-state index in [-0.39, 0.29) is 5.95 Å². The van der Waals surface area contributed by atoms with Crippen LogP contribution in [0, 0.1) is 6.92 Å². The number of aromatic amines is 1. The van der Waals surface area contributed by atoms with Crippen molar-refractivity contribution >= 4 is 0 Å². The van der Waals surface area contributed by atoms with Gasteiger partial charge in [-0.25, -0.2) is 9.97 Å². The molecule has 2 aromatic rings. The van der Waals surface area contributed by atoms with Crippen LogP contribution < -0.4 is 5.56 Å². The van der Waals surface area contributed by atoms with E-state index >= 15 is 0 Å². The van der Waals surface area contributed by atoms with Crippen LogP contribution in [0.5, 0.6) is 0 Å². The molecule has 0 atom stereocenters. The van der Waals surface area contributed by atoms with Crippen molar-refractivity contribution in [3.8, 4) is 5.95 Å². The van der Waals surface area contributed by atoms with E-state index in [0.29, 0.717) is 4.68 Å². The van der Waals surface area contributed by atoms with Gasteiger partial charge in [-0.15, -0.1) is 0 Å². The van der Waals surface area contributed by atoms with Gasteiger partial charge < -0.3 is 0 Å². The van der Waals surface area contributed by atoms with Crippen LogP contribution in [0.1, 0.15) is 11.3 Å². The second kappa shape index (κ2) is 3.72. The van der Waals surface area contributed by atoms with Crippen molar-refractivity contribution in [3.63, 3.8) is 0 Å². The van der Waals surface area contributed by atoms with Crippen LogP contribution in [0.4, 0.5) is 13.2 Å². The lowest BCUT2D eigenvalue weighted by atomic mass is 10.3. The highest BCUT2D eigenvalue weighted by Gasteiger charge is 2.36. The molecule has 0 spiro atoms. The second-order valence-corrected chi connectivity index (χ2v) is 3.30. The van der Waals surface area contributed by atoms with E-state index in [0.717, 1.165) is 6.92 Å². The van der Waals surface area contributed by atoms with Gasteiger partial charge in [0, 0.05) is 18.0 Å². The Morgan fingerprint density at radius 1 is 1.29 bits per heavy atom. The Bertz CT molecular complexity index is 585. The van der Waals surface area contributed by atoms with Gasteiger partial charge >= 0.3 is 6.18 Å². The fourth-order valence-corrected chi connectivity index (χ4v) is 1.34. The van der Waals surface area contributed by atoms with Gasteiger partial charge in [0.15, 0.2) is 0 Å². The number of hydrogen-bond acceptors (Lipinski definition) is 3. The Kier molecular flexibility index (Phi) is 2.49. The smallest absolute Gasteiger partial charge is 0.283 e. The van der Waals surface area contributed by atoms with Gasteiger partial charge in [-0.2, -0.15) is 17.9 Å². The average Bonchev–Trinajstić information content (AvgIpc) is 2.57. The van der Waals surface area contributed by atoms with Crippen molar-refractivity contribution in [1.82, 2.24) is 19.7 Å². The van der Waals surface area contributed by atoms with Gasteiger partial charge in [0.2, 0.25) is 0 Å². The molecule has 0 unspecified atom stereocenters. The lowest BCUT2D eigenvalue weighted by Gasteiger charge is -2.03. The number of halogens is 3. The summed E-state index contributed by atoms with van der Waals surface area (Å²) < 4.78 is 38.3. The SMILES string of the molecule is Cc1c(C(F)(F)F)[nH]n(-c2ncccn2)c1=O. The zero-order chi connectivity index (χ0) is 12.6. The Hall–Kier alpha value is -2.12. The van der Waals surface area contributed by atoms with E-state index in [1.807, 2.05) is 5.10 Å². The van der Waals surface area contributed by atoms with Crippen LogP contribution in [-0.2, 0) is 6.18 Å². The first-order valence-corrected chi connectivity index (χ1v) is 4.57. The van der Waals surface area contributed by atoms with Gasteiger partial charge in [0.05, 0.1) is 0 Å². The highest BCUT2D eigenvalue weighted by molar-refractivity contribution is 5.22. The molecule has 0 saturated heterocycles. The molecule has 0 aliphatic rings. The zero-order valence-electron chi connectivity index (χ0n) is 8.62. The second-order valence-electron chi connectivity index (χ2n) is 3.30. The molecule has 5 nitrogen and oxygen atoms in total. The first-order valence-electron chi connectivity index (χ1n) is 4.57. The summed E-state index contributed by atoms with van der Waals surface area (Å²) in [6.07, 6.45) is -1.94. The maximum Gasteiger partial charge on any atom is 0.433 e. The number of nitrogens with zero attached hydrogens (tertiary/aromatic N) is 3. The van der Waals surface area contributed by atoms with E-state index in [1.165, 1.54) is 18.5 Å². The monoisotopic (exact) mass is 244 g/mol. The molecule has 17 heavy (non-hydrogen) atoms. The zero-order valence-corrected chi connectivity index (χ0v) is 8.62. The minimum absolute atomic E-state index is 0.129. The highest BCUT2D eigenvalue weighted by atomic mass is 19.4. The van der Waals surface area contributed by atoms with Crippen molar-refractivity contribution < 1.29 is 13.2 Å². The van der Waals surface area contributed by atoms with Crippen molar-refractivity contribution in [3.05, 3.63) is 40.1 Å². The van der Waals surface area contributed by atoms with Crippen molar-refractivity contribution in [2.75, 3.05) is 0 Å².